The zero-order chi connectivity index (χ0) is 19.9. The Kier molecular flexibility index (Phi) is 13.6. The molecule has 0 aromatic carbocycles. The van der Waals surface area contributed by atoms with Gasteiger partial charge in [-0.05, 0) is 32.6 Å². The lowest BCUT2D eigenvalue weighted by molar-refractivity contribution is -0.153. The molecule has 8 heteroatoms. The highest BCUT2D eigenvalue weighted by Gasteiger charge is 2.25. The molecule has 2 atom stereocenters. The number of carbonyl (C=O) groups excluding carboxylic acids is 3. The van der Waals surface area contributed by atoms with Crippen LogP contribution in [0.25, 0.3) is 0 Å². The molecule has 0 radical (unpaired) electrons. The Morgan fingerprint density at radius 3 is 2.23 bits per heavy atom. The standard InChI is InChI=1S/C18H34N2O6/c1-6-24-9-10-25-12-17(22)20-15(11-13(2)3)18(23)26-14(4)7-8-16(21)19-5/h13-15H,6-12H2,1-5H3,(H,19,21)(H,20,22)/t14-,15+/m1/s1. The molecule has 0 aromatic heterocycles. The SMILES string of the molecule is CCOCCOCC(=O)N[C@@H](CC(C)C)C(=O)O[C@H](C)CCC(=O)NC. The molecule has 0 saturated carbocycles. The first-order valence-electron chi connectivity index (χ1n) is 9.16. The molecule has 0 saturated heterocycles. The monoisotopic (exact) mass is 374 g/mol. The van der Waals surface area contributed by atoms with Crippen molar-refractivity contribution in [1.29, 1.82) is 0 Å². The number of esters is 1. The summed E-state index contributed by atoms with van der Waals surface area (Å²) in [5.74, 6) is -0.773. The smallest absolute Gasteiger partial charge is 0.328 e. The Morgan fingerprint density at radius 1 is 1.00 bits per heavy atom. The van der Waals surface area contributed by atoms with Gasteiger partial charge in [-0.1, -0.05) is 13.8 Å². The number of amides is 2. The van der Waals surface area contributed by atoms with E-state index in [0.717, 1.165) is 0 Å². The van der Waals surface area contributed by atoms with Crippen molar-refractivity contribution in [3.8, 4) is 0 Å². The van der Waals surface area contributed by atoms with Gasteiger partial charge >= 0.3 is 5.97 Å². The van der Waals surface area contributed by atoms with Crippen LogP contribution in [-0.2, 0) is 28.6 Å². The zero-order valence-electron chi connectivity index (χ0n) is 16.6. The van der Waals surface area contributed by atoms with E-state index < -0.39 is 18.1 Å². The third kappa shape index (κ3) is 12.7. The highest BCUT2D eigenvalue weighted by atomic mass is 16.5. The minimum Gasteiger partial charge on any atom is -0.461 e. The summed E-state index contributed by atoms with van der Waals surface area (Å²) in [6, 6.07) is -0.736. The molecule has 26 heavy (non-hydrogen) atoms. The van der Waals surface area contributed by atoms with E-state index in [0.29, 0.717) is 32.7 Å². The average Bonchev–Trinajstić information content (AvgIpc) is 2.58. The summed E-state index contributed by atoms with van der Waals surface area (Å²) in [7, 11) is 1.56. The van der Waals surface area contributed by atoms with Gasteiger partial charge in [-0.25, -0.2) is 4.79 Å². The first-order valence-corrected chi connectivity index (χ1v) is 9.16. The molecule has 0 aliphatic heterocycles. The summed E-state index contributed by atoms with van der Waals surface area (Å²) >= 11 is 0. The van der Waals surface area contributed by atoms with Crippen LogP contribution in [0.2, 0.25) is 0 Å². The predicted octanol–water partition coefficient (Wildman–Crippen LogP) is 1.03. The predicted molar refractivity (Wildman–Crippen MR) is 97.6 cm³/mol. The second-order valence-corrected chi connectivity index (χ2v) is 6.46. The fourth-order valence-corrected chi connectivity index (χ4v) is 2.15. The van der Waals surface area contributed by atoms with Gasteiger partial charge in [0.2, 0.25) is 11.8 Å². The highest BCUT2D eigenvalue weighted by Crippen LogP contribution is 2.10. The lowest BCUT2D eigenvalue weighted by atomic mass is 10.0. The van der Waals surface area contributed by atoms with Crippen molar-refractivity contribution in [2.75, 3.05) is 33.5 Å². The van der Waals surface area contributed by atoms with Crippen molar-refractivity contribution in [3.63, 3.8) is 0 Å². The fourth-order valence-electron chi connectivity index (χ4n) is 2.15. The Bertz CT molecular complexity index is 428. The second kappa shape index (κ2) is 14.5. The topological polar surface area (TPSA) is 103 Å². The van der Waals surface area contributed by atoms with E-state index >= 15 is 0 Å². The van der Waals surface area contributed by atoms with Crippen LogP contribution in [0.5, 0.6) is 0 Å². The van der Waals surface area contributed by atoms with E-state index in [1.165, 1.54) is 0 Å². The molecule has 8 nitrogen and oxygen atoms in total. The molecule has 2 N–H and O–H groups in total. The minimum absolute atomic E-state index is 0.107. The Morgan fingerprint density at radius 2 is 1.65 bits per heavy atom. The maximum atomic E-state index is 12.4. The third-order valence-corrected chi connectivity index (χ3v) is 3.51. The second-order valence-electron chi connectivity index (χ2n) is 6.46. The van der Waals surface area contributed by atoms with Crippen molar-refractivity contribution < 1.29 is 28.6 Å². The fraction of sp³-hybridized carbons (Fsp3) is 0.833. The van der Waals surface area contributed by atoms with Crippen LogP contribution in [0.1, 0.15) is 47.0 Å². The van der Waals surface area contributed by atoms with E-state index in [1.54, 1.807) is 14.0 Å². The Labute approximate surface area is 156 Å². The summed E-state index contributed by atoms with van der Waals surface area (Å²) in [6.07, 6.45) is 0.758. The van der Waals surface area contributed by atoms with Crippen molar-refractivity contribution in [3.05, 3.63) is 0 Å². The average molecular weight is 374 g/mol. The highest BCUT2D eigenvalue weighted by molar-refractivity contribution is 5.85. The van der Waals surface area contributed by atoms with Gasteiger partial charge in [0.1, 0.15) is 12.6 Å². The van der Waals surface area contributed by atoms with Gasteiger partial charge in [0.05, 0.1) is 19.3 Å². The van der Waals surface area contributed by atoms with E-state index in [9.17, 15) is 14.4 Å². The van der Waals surface area contributed by atoms with Crippen LogP contribution in [0.3, 0.4) is 0 Å². The first kappa shape index (κ1) is 24.3. The van der Waals surface area contributed by atoms with Crippen LogP contribution in [-0.4, -0.2) is 63.4 Å². The molecule has 0 aliphatic rings. The van der Waals surface area contributed by atoms with E-state index in [-0.39, 0.29) is 30.8 Å². The molecule has 0 heterocycles. The number of hydrogen-bond acceptors (Lipinski definition) is 6. The van der Waals surface area contributed by atoms with Crippen LogP contribution in [0.15, 0.2) is 0 Å². The van der Waals surface area contributed by atoms with Crippen LogP contribution in [0.4, 0.5) is 0 Å². The summed E-state index contributed by atoms with van der Waals surface area (Å²) in [4.78, 5) is 35.6. The molecule has 0 unspecified atom stereocenters. The van der Waals surface area contributed by atoms with Crippen LogP contribution >= 0.6 is 0 Å². The molecule has 0 spiro atoms. The lowest BCUT2D eigenvalue weighted by Gasteiger charge is -2.22. The third-order valence-electron chi connectivity index (χ3n) is 3.51. The summed E-state index contributed by atoms with van der Waals surface area (Å²) in [5.41, 5.74) is 0. The maximum absolute atomic E-state index is 12.4. The van der Waals surface area contributed by atoms with Crippen molar-refractivity contribution >= 4 is 17.8 Å². The van der Waals surface area contributed by atoms with Gasteiger partial charge in [0, 0.05) is 20.1 Å². The number of nitrogens with one attached hydrogen (secondary N) is 2. The minimum atomic E-state index is -0.736. The van der Waals surface area contributed by atoms with Gasteiger partial charge in [-0.15, -0.1) is 0 Å². The van der Waals surface area contributed by atoms with Crippen LogP contribution in [0, 0.1) is 5.92 Å². The van der Waals surface area contributed by atoms with Gasteiger partial charge in [0.25, 0.3) is 0 Å². The maximum Gasteiger partial charge on any atom is 0.328 e. The number of carbonyl (C=O) groups is 3. The number of rotatable bonds is 14. The van der Waals surface area contributed by atoms with Crippen molar-refractivity contribution in [1.82, 2.24) is 10.6 Å². The molecular formula is C18H34N2O6. The molecule has 0 aromatic rings. The molecule has 152 valence electrons. The van der Waals surface area contributed by atoms with Gasteiger partial charge in [-0.3, -0.25) is 9.59 Å². The molecule has 0 fully saturated rings. The van der Waals surface area contributed by atoms with Crippen molar-refractivity contribution in [2.24, 2.45) is 5.92 Å². The van der Waals surface area contributed by atoms with Crippen LogP contribution < -0.4 is 10.6 Å². The summed E-state index contributed by atoms with van der Waals surface area (Å²) < 4.78 is 15.7. The molecule has 0 bridgehead atoms. The van der Waals surface area contributed by atoms with E-state index in [2.05, 4.69) is 10.6 Å². The molecular weight excluding hydrogens is 340 g/mol. The van der Waals surface area contributed by atoms with Gasteiger partial charge in [0.15, 0.2) is 0 Å². The number of ether oxygens (including phenoxy) is 3. The largest absolute Gasteiger partial charge is 0.461 e. The molecule has 2 amide bonds. The van der Waals surface area contributed by atoms with Crippen molar-refractivity contribution in [2.45, 2.75) is 59.1 Å². The lowest BCUT2D eigenvalue weighted by Crippen LogP contribution is -2.45. The Hall–Kier alpha value is -1.67. The molecule has 0 aliphatic carbocycles. The number of hydrogen-bond donors (Lipinski definition) is 2. The quantitative estimate of drug-likeness (QED) is 0.348. The zero-order valence-corrected chi connectivity index (χ0v) is 16.6. The van der Waals surface area contributed by atoms with Gasteiger partial charge in [-0.2, -0.15) is 0 Å². The molecule has 0 rings (SSSR count). The summed E-state index contributed by atoms with van der Waals surface area (Å²) in [6.45, 7) is 8.72. The van der Waals surface area contributed by atoms with E-state index in [1.807, 2.05) is 20.8 Å². The van der Waals surface area contributed by atoms with E-state index in [4.69, 9.17) is 14.2 Å². The first-order chi connectivity index (χ1) is 12.3. The Balaban J connectivity index is 4.41. The normalized spacial score (nSPS) is 13.2. The summed E-state index contributed by atoms with van der Waals surface area (Å²) in [5, 5.41) is 5.18. The van der Waals surface area contributed by atoms with Gasteiger partial charge < -0.3 is 24.8 Å².